The topological polar surface area (TPSA) is 61.8 Å². The fraction of sp³-hybridized carbons (Fsp3) is 0.417. The van der Waals surface area contributed by atoms with Crippen molar-refractivity contribution >= 4 is 5.84 Å². The quantitative estimate of drug-likeness (QED) is 0.344. The van der Waals surface area contributed by atoms with Crippen molar-refractivity contribution in [2.45, 2.75) is 19.9 Å². The highest BCUT2D eigenvalue weighted by Crippen LogP contribution is 2.10. The van der Waals surface area contributed by atoms with Gasteiger partial charge in [-0.1, -0.05) is 30.3 Å². The Labute approximate surface area is 101 Å². The molecule has 17 heavy (non-hydrogen) atoms. The van der Waals surface area contributed by atoms with E-state index in [1.807, 2.05) is 11.8 Å². The minimum atomic E-state index is -0.229. The van der Waals surface area contributed by atoms with Crippen molar-refractivity contribution in [3.05, 3.63) is 35.6 Å². The first kappa shape index (κ1) is 13.4. The van der Waals surface area contributed by atoms with Crippen molar-refractivity contribution in [1.82, 2.24) is 4.90 Å². The number of benzene rings is 1. The molecule has 0 saturated heterocycles. The Hall–Kier alpha value is -1.62. The molecule has 0 aliphatic rings. The van der Waals surface area contributed by atoms with Gasteiger partial charge in [-0.15, -0.1) is 0 Å². The first-order chi connectivity index (χ1) is 8.17. The van der Waals surface area contributed by atoms with E-state index in [9.17, 15) is 4.39 Å². The summed E-state index contributed by atoms with van der Waals surface area (Å²) in [5, 5.41) is 11.5. The molecule has 0 fully saturated rings. The number of nitrogens with zero attached hydrogens (tertiary/aromatic N) is 2. The molecular formula is C12H18FN3O. The number of hydrogen-bond donors (Lipinski definition) is 2. The van der Waals surface area contributed by atoms with E-state index in [0.717, 1.165) is 13.0 Å². The molecule has 1 aromatic carbocycles. The standard InChI is InChI=1S/C12H18FN3O/c1-2-7-16(9-12(14)15-17)8-10-5-3-4-6-11(10)13/h3-6,17H,2,7-9H2,1H3,(H2,14,15). The van der Waals surface area contributed by atoms with E-state index >= 15 is 0 Å². The molecule has 0 radical (unpaired) electrons. The number of amidine groups is 1. The van der Waals surface area contributed by atoms with Crippen LogP contribution in [-0.4, -0.2) is 29.0 Å². The molecule has 0 atom stereocenters. The lowest BCUT2D eigenvalue weighted by Gasteiger charge is -2.21. The zero-order valence-electron chi connectivity index (χ0n) is 9.93. The van der Waals surface area contributed by atoms with Crippen molar-refractivity contribution in [2.24, 2.45) is 10.9 Å². The summed E-state index contributed by atoms with van der Waals surface area (Å²) in [7, 11) is 0. The van der Waals surface area contributed by atoms with Gasteiger partial charge in [0.2, 0.25) is 0 Å². The van der Waals surface area contributed by atoms with Gasteiger partial charge in [-0.25, -0.2) is 4.39 Å². The maximum absolute atomic E-state index is 13.5. The van der Waals surface area contributed by atoms with Crippen LogP contribution >= 0.6 is 0 Å². The largest absolute Gasteiger partial charge is 0.409 e. The van der Waals surface area contributed by atoms with Gasteiger partial charge in [0.25, 0.3) is 0 Å². The Bertz CT molecular complexity index is 382. The van der Waals surface area contributed by atoms with Gasteiger partial charge in [-0.05, 0) is 19.0 Å². The molecule has 5 heteroatoms. The molecule has 3 N–H and O–H groups in total. The van der Waals surface area contributed by atoms with Crippen molar-refractivity contribution in [2.75, 3.05) is 13.1 Å². The van der Waals surface area contributed by atoms with E-state index in [-0.39, 0.29) is 11.7 Å². The van der Waals surface area contributed by atoms with Gasteiger partial charge in [0.15, 0.2) is 5.84 Å². The highest BCUT2D eigenvalue weighted by molar-refractivity contribution is 5.81. The molecule has 0 amide bonds. The van der Waals surface area contributed by atoms with Crippen LogP contribution in [0.3, 0.4) is 0 Å². The van der Waals surface area contributed by atoms with E-state index in [1.54, 1.807) is 18.2 Å². The maximum Gasteiger partial charge on any atom is 0.153 e. The third-order valence-electron chi connectivity index (χ3n) is 2.41. The van der Waals surface area contributed by atoms with Crippen LogP contribution in [-0.2, 0) is 6.54 Å². The van der Waals surface area contributed by atoms with E-state index in [1.165, 1.54) is 6.07 Å². The summed E-state index contributed by atoms with van der Waals surface area (Å²) >= 11 is 0. The summed E-state index contributed by atoms with van der Waals surface area (Å²) in [4.78, 5) is 1.94. The molecule has 4 nitrogen and oxygen atoms in total. The second-order valence-corrected chi connectivity index (χ2v) is 3.89. The minimum Gasteiger partial charge on any atom is -0.409 e. The lowest BCUT2D eigenvalue weighted by atomic mass is 10.2. The number of rotatable bonds is 6. The number of halogens is 1. The average molecular weight is 239 g/mol. The molecular weight excluding hydrogens is 221 g/mol. The third kappa shape index (κ3) is 4.40. The molecule has 0 aliphatic heterocycles. The molecule has 0 aromatic heterocycles. The SMILES string of the molecule is CCCN(CC(N)=NO)Cc1ccccc1F. The van der Waals surface area contributed by atoms with Crippen LogP contribution in [0.5, 0.6) is 0 Å². The Kier molecular flexibility index (Phi) is 5.42. The molecule has 0 bridgehead atoms. The number of hydrogen-bond acceptors (Lipinski definition) is 3. The Balaban J connectivity index is 2.69. The van der Waals surface area contributed by atoms with Crippen molar-refractivity contribution in [3.8, 4) is 0 Å². The Morgan fingerprint density at radius 3 is 2.76 bits per heavy atom. The number of nitrogens with two attached hydrogens (primary N) is 1. The summed E-state index contributed by atoms with van der Waals surface area (Å²) in [5.74, 6) is -0.0945. The predicted molar refractivity (Wildman–Crippen MR) is 65.4 cm³/mol. The summed E-state index contributed by atoms with van der Waals surface area (Å²) < 4.78 is 13.5. The Morgan fingerprint density at radius 1 is 1.47 bits per heavy atom. The van der Waals surface area contributed by atoms with Gasteiger partial charge < -0.3 is 10.9 Å². The van der Waals surface area contributed by atoms with Crippen LogP contribution in [0.4, 0.5) is 4.39 Å². The summed E-state index contributed by atoms with van der Waals surface area (Å²) in [6, 6.07) is 6.63. The fourth-order valence-electron chi connectivity index (χ4n) is 1.66. The second-order valence-electron chi connectivity index (χ2n) is 3.89. The molecule has 0 saturated carbocycles. The summed E-state index contributed by atoms with van der Waals surface area (Å²) in [6.07, 6.45) is 0.924. The minimum absolute atomic E-state index is 0.134. The van der Waals surface area contributed by atoms with Gasteiger partial charge in [-0.3, -0.25) is 4.90 Å². The number of oxime groups is 1. The van der Waals surface area contributed by atoms with Gasteiger partial charge >= 0.3 is 0 Å². The van der Waals surface area contributed by atoms with Crippen LogP contribution in [0.25, 0.3) is 0 Å². The molecule has 0 heterocycles. The van der Waals surface area contributed by atoms with Crippen LogP contribution < -0.4 is 5.73 Å². The summed E-state index contributed by atoms with van der Waals surface area (Å²) in [5.41, 5.74) is 6.08. The Morgan fingerprint density at radius 2 is 2.18 bits per heavy atom. The van der Waals surface area contributed by atoms with Gasteiger partial charge in [-0.2, -0.15) is 0 Å². The monoisotopic (exact) mass is 239 g/mol. The first-order valence-corrected chi connectivity index (χ1v) is 5.59. The maximum atomic E-state index is 13.5. The zero-order chi connectivity index (χ0) is 12.7. The average Bonchev–Trinajstić information content (AvgIpc) is 2.32. The normalized spacial score (nSPS) is 12.1. The van der Waals surface area contributed by atoms with E-state index in [2.05, 4.69) is 5.16 Å². The fourth-order valence-corrected chi connectivity index (χ4v) is 1.66. The van der Waals surface area contributed by atoms with Crippen molar-refractivity contribution in [1.29, 1.82) is 0 Å². The molecule has 0 aliphatic carbocycles. The van der Waals surface area contributed by atoms with Crippen molar-refractivity contribution in [3.63, 3.8) is 0 Å². The first-order valence-electron chi connectivity index (χ1n) is 5.59. The van der Waals surface area contributed by atoms with Gasteiger partial charge in [0.05, 0.1) is 6.54 Å². The van der Waals surface area contributed by atoms with Gasteiger partial charge in [0, 0.05) is 12.1 Å². The van der Waals surface area contributed by atoms with Crippen LogP contribution in [0, 0.1) is 5.82 Å². The predicted octanol–water partition coefficient (Wildman–Crippen LogP) is 1.78. The lowest BCUT2D eigenvalue weighted by Crippen LogP contribution is -2.34. The highest BCUT2D eigenvalue weighted by atomic mass is 19.1. The van der Waals surface area contributed by atoms with E-state index in [0.29, 0.717) is 18.7 Å². The van der Waals surface area contributed by atoms with E-state index < -0.39 is 0 Å². The lowest BCUT2D eigenvalue weighted by molar-refractivity contribution is 0.283. The second kappa shape index (κ2) is 6.85. The van der Waals surface area contributed by atoms with Crippen LogP contribution in [0.15, 0.2) is 29.4 Å². The molecule has 1 aromatic rings. The van der Waals surface area contributed by atoms with Crippen LogP contribution in [0.2, 0.25) is 0 Å². The third-order valence-corrected chi connectivity index (χ3v) is 2.41. The molecule has 94 valence electrons. The molecule has 1 rings (SSSR count). The molecule has 0 spiro atoms. The smallest absolute Gasteiger partial charge is 0.153 e. The van der Waals surface area contributed by atoms with Crippen LogP contribution in [0.1, 0.15) is 18.9 Å². The summed E-state index contributed by atoms with van der Waals surface area (Å²) in [6.45, 7) is 3.58. The van der Waals surface area contributed by atoms with E-state index in [4.69, 9.17) is 10.9 Å². The van der Waals surface area contributed by atoms with Crippen molar-refractivity contribution < 1.29 is 9.60 Å². The zero-order valence-corrected chi connectivity index (χ0v) is 9.93. The molecule has 0 unspecified atom stereocenters. The highest BCUT2D eigenvalue weighted by Gasteiger charge is 2.09. The van der Waals surface area contributed by atoms with Gasteiger partial charge in [0.1, 0.15) is 5.82 Å².